The van der Waals surface area contributed by atoms with Gasteiger partial charge >= 0.3 is 0 Å². The molecule has 2 aliphatic rings. The first-order valence-corrected chi connectivity index (χ1v) is 8.65. The van der Waals surface area contributed by atoms with E-state index >= 15 is 0 Å². The number of rotatable bonds is 2. The van der Waals surface area contributed by atoms with Crippen LogP contribution in [0.3, 0.4) is 0 Å². The van der Waals surface area contributed by atoms with Gasteiger partial charge in [-0.3, -0.25) is 0 Å². The standard InChI is InChI=1S/C12H19N3O3S/c16-10-1-2-11-13-14-12(15(11)8-10)7-9-3-5-19(17,18)6-4-9/h9-10,16H,1-8H2. The highest BCUT2D eigenvalue weighted by Crippen LogP contribution is 2.24. The number of aliphatic hydroxyl groups is 1. The van der Waals surface area contributed by atoms with Gasteiger partial charge in [0.1, 0.15) is 21.5 Å². The summed E-state index contributed by atoms with van der Waals surface area (Å²) in [7, 11) is -2.80. The van der Waals surface area contributed by atoms with Crippen LogP contribution in [0.25, 0.3) is 0 Å². The van der Waals surface area contributed by atoms with Crippen molar-refractivity contribution in [1.82, 2.24) is 14.8 Å². The predicted molar refractivity (Wildman–Crippen MR) is 69.4 cm³/mol. The minimum Gasteiger partial charge on any atom is -0.391 e. The first kappa shape index (κ1) is 13.1. The van der Waals surface area contributed by atoms with Gasteiger partial charge in [0.05, 0.1) is 24.2 Å². The number of hydrogen-bond donors (Lipinski definition) is 1. The minimum atomic E-state index is -2.80. The van der Waals surface area contributed by atoms with Crippen LogP contribution in [-0.4, -0.2) is 45.9 Å². The molecule has 19 heavy (non-hydrogen) atoms. The maximum atomic E-state index is 11.4. The molecule has 1 saturated heterocycles. The number of aryl methyl sites for hydroxylation is 1. The molecule has 0 bridgehead atoms. The number of nitrogens with zero attached hydrogens (tertiary/aromatic N) is 3. The van der Waals surface area contributed by atoms with Crippen molar-refractivity contribution >= 4 is 9.84 Å². The third-order valence-electron chi connectivity index (χ3n) is 4.14. The Morgan fingerprint density at radius 1 is 1.21 bits per heavy atom. The summed E-state index contributed by atoms with van der Waals surface area (Å²) < 4.78 is 24.8. The summed E-state index contributed by atoms with van der Waals surface area (Å²) in [6, 6.07) is 0. The van der Waals surface area contributed by atoms with E-state index in [0.717, 1.165) is 30.9 Å². The molecule has 0 saturated carbocycles. The number of aliphatic hydroxyl groups excluding tert-OH is 1. The third-order valence-corrected chi connectivity index (χ3v) is 5.86. The van der Waals surface area contributed by atoms with Gasteiger partial charge in [0.15, 0.2) is 0 Å². The molecule has 3 heterocycles. The molecule has 106 valence electrons. The molecular formula is C12H19N3O3S. The van der Waals surface area contributed by atoms with Crippen molar-refractivity contribution in [2.24, 2.45) is 5.92 Å². The van der Waals surface area contributed by atoms with Crippen LogP contribution in [0.15, 0.2) is 0 Å². The van der Waals surface area contributed by atoms with Crippen molar-refractivity contribution in [3.8, 4) is 0 Å². The number of aromatic nitrogens is 3. The summed E-state index contributed by atoms with van der Waals surface area (Å²) in [5, 5.41) is 18.1. The third kappa shape index (κ3) is 2.81. The van der Waals surface area contributed by atoms with E-state index in [9.17, 15) is 13.5 Å². The zero-order valence-electron chi connectivity index (χ0n) is 10.8. The van der Waals surface area contributed by atoms with E-state index in [2.05, 4.69) is 10.2 Å². The quantitative estimate of drug-likeness (QED) is 0.823. The van der Waals surface area contributed by atoms with E-state index in [1.165, 1.54) is 0 Å². The van der Waals surface area contributed by atoms with Gasteiger partial charge in [-0.2, -0.15) is 0 Å². The van der Waals surface area contributed by atoms with E-state index in [0.29, 0.717) is 36.8 Å². The summed E-state index contributed by atoms with van der Waals surface area (Å²) in [6.45, 7) is 0.572. The lowest BCUT2D eigenvalue weighted by atomic mass is 9.98. The fourth-order valence-electron chi connectivity index (χ4n) is 2.92. The summed E-state index contributed by atoms with van der Waals surface area (Å²) in [5.74, 6) is 2.81. The van der Waals surface area contributed by atoms with Crippen LogP contribution in [0.4, 0.5) is 0 Å². The largest absolute Gasteiger partial charge is 0.391 e. The normalized spacial score (nSPS) is 27.1. The van der Waals surface area contributed by atoms with Crippen molar-refractivity contribution in [2.45, 2.75) is 44.8 Å². The van der Waals surface area contributed by atoms with Gasteiger partial charge < -0.3 is 9.67 Å². The van der Waals surface area contributed by atoms with E-state index < -0.39 is 9.84 Å². The molecule has 1 aromatic rings. The topological polar surface area (TPSA) is 85.1 Å². The zero-order chi connectivity index (χ0) is 13.5. The second kappa shape index (κ2) is 4.86. The molecule has 0 radical (unpaired) electrons. The second-order valence-corrected chi connectivity index (χ2v) is 7.94. The molecule has 1 N–H and O–H groups in total. The first-order chi connectivity index (χ1) is 9.03. The number of fused-ring (bicyclic) bond motifs is 1. The summed E-state index contributed by atoms with van der Waals surface area (Å²) in [5.41, 5.74) is 0. The fraction of sp³-hybridized carbons (Fsp3) is 0.833. The van der Waals surface area contributed by atoms with E-state index in [4.69, 9.17) is 0 Å². The second-order valence-electron chi connectivity index (χ2n) is 5.63. The number of sulfone groups is 1. The van der Waals surface area contributed by atoms with E-state index in [1.54, 1.807) is 0 Å². The van der Waals surface area contributed by atoms with Crippen molar-refractivity contribution in [1.29, 1.82) is 0 Å². The fourth-order valence-corrected chi connectivity index (χ4v) is 4.51. The Morgan fingerprint density at radius 3 is 2.68 bits per heavy atom. The first-order valence-electron chi connectivity index (χ1n) is 6.83. The maximum absolute atomic E-state index is 11.4. The molecule has 1 unspecified atom stereocenters. The molecule has 0 spiro atoms. The van der Waals surface area contributed by atoms with Gasteiger partial charge in [-0.05, 0) is 25.2 Å². The molecule has 0 amide bonds. The van der Waals surface area contributed by atoms with Crippen LogP contribution >= 0.6 is 0 Å². The smallest absolute Gasteiger partial charge is 0.150 e. The van der Waals surface area contributed by atoms with Crippen LogP contribution in [0.1, 0.15) is 30.9 Å². The van der Waals surface area contributed by atoms with Crippen molar-refractivity contribution in [3.05, 3.63) is 11.6 Å². The molecule has 0 aromatic carbocycles. The van der Waals surface area contributed by atoms with Gasteiger partial charge in [-0.1, -0.05) is 0 Å². The van der Waals surface area contributed by atoms with E-state index in [-0.39, 0.29) is 6.10 Å². The lowest BCUT2D eigenvalue weighted by Gasteiger charge is -2.24. The van der Waals surface area contributed by atoms with Crippen molar-refractivity contribution in [3.63, 3.8) is 0 Å². The Labute approximate surface area is 112 Å². The van der Waals surface area contributed by atoms with Gasteiger partial charge in [0, 0.05) is 12.8 Å². The van der Waals surface area contributed by atoms with E-state index in [1.807, 2.05) is 4.57 Å². The highest BCUT2D eigenvalue weighted by atomic mass is 32.2. The van der Waals surface area contributed by atoms with Crippen LogP contribution in [0.2, 0.25) is 0 Å². The Balaban J connectivity index is 1.69. The van der Waals surface area contributed by atoms with Crippen LogP contribution in [-0.2, 0) is 29.2 Å². The van der Waals surface area contributed by atoms with Crippen LogP contribution in [0, 0.1) is 5.92 Å². The monoisotopic (exact) mass is 285 g/mol. The highest BCUT2D eigenvalue weighted by Gasteiger charge is 2.27. The molecule has 7 heteroatoms. The molecule has 6 nitrogen and oxygen atoms in total. The van der Waals surface area contributed by atoms with Gasteiger partial charge in [0.25, 0.3) is 0 Å². The maximum Gasteiger partial charge on any atom is 0.150 e. The summed E-state index contributed by atoms with van der Waals surface area (Å²) >= 11 is 0. The van der Waals surface area contributed by atoms with Crippen molar-refractivity contribution in [2.75, 3.05) is 11.5 Å². The number of hydrogen-bond acceptors (Lipinski definition) is 5. The Hall–Kier alpha value is -0.950. The van der Waals surface area contributed by atoms with Gasteiger partial charge in [0.2, 0.25) is 0 Å². The minimum absolute atomic E-state index is 0.293. The average molecular weight is 285 g/mol. The molecular weight excluding hydrogens is 266 g/mol. The Kier molecular flexibility index (Phi) is 3.34. The zero-order valence-corrected chi connectivity index (χ0v) is 11.6. The van der Waals surface area contributed by atoms with Crippen molar-refractivity contribution < 1.29 is 13.5 Å². The molecule has 3 rings (SSSR count). The lowest BCUT2D eigenvalue weighted by Crippen LogP contribution is -2.28. The average Bonchev–Trinajstić information content (AvgIpc) is 2.75. The Bertz CT molecular complexity index is 553. The summed E-state index contributed by atoms with van der Waals surface area (Å²) in [6.07, 6.45) is 3.41. The molecule has 1 atom stereocenters. The van der Waals surface area contributed by atoms with Gasteiger partial charge in [-0.15, -0.1) is 10.2 Å². The Morgan fingerprint density at radius 2 is 1.95 bits per heavy atom. The molecule has 1 aromatic heterocycles. The molecule has 1 fully saturated rings. The summed E-state index contributed by atoms with van der Waals surface area (Å²) in [4.78, 5) is 0. The molecule has 0 aliphatic carbocycles. The lowest BCUT2D eigenvalue weighted by molar-refractivity contribution is 0.128. The van der Waals surface area contributed by atoms with Crippen LogP contribution in [0.5, 0.6) is 0 Å². The SMILES string of the molecule is O=S1(=O)CCC(Cc2nnc3n2CC(O)CC3)CC1. The van der Waals surface area contributed by atoms with Gasteiger partial charge in [-0.25, -0.2) is 8.42 Å². The van der Waals surface area contributed by atoms with Crippen LogP contribution < -0.4 is 0 Å². The predicted octanol–water partition coefficient (Wildman–Crippen LogP) is -0.0475. The molecule has 2 aliphatic heterocycles. The highest BCUT2D eigenvalue weighted by molar-refractivity contribution is 7.91.